The molecule has 21 heavy (non-hydrogen) atoms. The van der Waals surface area contributed by atoms with Crippen molar-refractivity contribution in [3.05, 3.63) is 43.7 Å². The molecule has 0 saturated heterocycles. The lowest BCUT2D eigenvalue weighted by Gasteiger charge is -2.13. The van der Waals surface area contributed by atoms with Crippen LogP contribution in [0.3, 0.4) is 0 Å². The van der Waals surface area contributed by atoms with Crippen molar-refractivity contribution in [2.24, 2.45) is 0 Å². The number of benzene rings is 1. The van der Waals surface area contributed by atoms with Crippen LogP contribution in [0, 0.1) is 2.88 Å². The van der Waals surface area contributed by atoms with Crippen LogP contribution in [0.15, 0.2) is 29.6 Å². The zero-order valence-electron chi connectivity index (χ0n) is 10.7. The van der Waals surface area contributed by atoms with Crippen molar-refractivity contribution in [2.75, 3.05) is 10.6 Å². The molecule has 0 bridgehead atoms. The van der Waals surface area contributed by atoms with Crippen molar-refractivity contribution in [2.45, 2.75) is 11.8 Å². The summed E-state index contributed by atoms with van der Waals surface area (Å²) in [6.45, 7) is 0. The van der Waals surface area contributed by atoms with Gasteiger partial charge in [-0.25, -0.2) is 0 Å². The Hall–Kier alpha value is -1.12. The minimum Gasteiger partial charge on any atom is -0.324 e. The summed E-state index contributed by atoms with van der Waals surface area (Å²) in [7, 11) is 0. The number of thiophene rings is 1. The maximum Gasteiger partial charge on any atom is 0.233 e. The van der Waals surface area contributed by atoms with E-state index in [1.165, 1.54) is 2.88 Å². The van der Waals surface area contributed by atoms with E-state index in [-0.39, 0.29) is 23.6 Å². The molecule has 3 rings (SSSR count). The van der Waals surface area contributed by atoms with E-state index in [4.69, 9.17) is 11.6 Å². The number of hydrogen-bond acceptors (Lipinski definition) is 3. The minimum absolute atomic E-state index is 0.170. The van der Waals surface area contributed by atoms with Gasteiger partial charge in [-0.1, -0.05) is 6.07 Å². The number of hydrogen-bond donors (Lipinski definition) is 2. The van der Waals surface area contributed by atoms with Gasteiger partial charge >= 0.3 is 0 Å². The quantitative estimate of drug-likeness (QED) is 0.429. The van der Waals surface area contributed by atoms with Crippen LogP contribution < -0.4 is 10.6 Å². The van der Waals surface area contributed by atoms with Gasteiger partial charge in [0.2, 0.25) is 11.8 Å². The predicted molar refractivity (Wildman–Crippen MR) is 93.1 cm³/mol. The molecule has 1 aromatic carbocycles. The van der Waals surface area contributed by atoms with E-state index in [9.17, 15) is 9.59 Å². The standard InChI is InChI=1S/C14H10ClIN2O2S/c15-14(8-4-11(16)21-6-8)7-1-2-9-10(3-7)18-13(20)5-12(19)17-9/h1-4,6,14H,5H2,(H,17,19)(H,18,20). The van der Waals surface area contributed by atoms with Crippen LogP contribution in [0.5, 0.6) is 0 Å². The van der Waals surface area contributed by atoms with Gasteiger partial charge in [0.1, 0.15) is 6.42 Å². The Morgan fingerprint density at radius 2 is 1.81 bits per heavy atom. The molecule has 0 aliphatic carbocycles. The molecular formula is C14H10ClIN2O2S. The molecule has 4 nitrogen and oxygen atoms in total. The molecule has 7 heteroatoms. The van der Waals surface area contributed by atoms with Crippen LogP contribution in [0.4, 0.5) is 11.4 Å². The second kappa shape index (κ2) is 5.94. The molecule has 0 radical (unpaired) electrons. The molecule has 0 fully saturated rings. The van der Waals surface area contributed by atoms with Gasteiger partial charge in [-0.3, -0.25) is 9.59 Å². The van der Waals surface area contributed by atoms with Gasteiger partial charge in [0.25, 0.3) is 0 Å². The highest BCUT2D eigenvalue weighted by Crippen LogP contribution is 2.36. The zero-order valence-corrected chi connectivity index (χ0v) is 14.4. The number of rotatable bonds is 2. The summed E-state index contributed by atoms with van der Waals surface area (Å²) in [5.41, 5.74) is 3.08. The van der Waals surface area contributed by atoms with Crippen LogP contribution in [-0.4, -0.2) is 11.8 Å². The van der Waals surface area contributed by atoms with Crippen molar-refractivity contribution >= 4 is 68.7 Å². The summed E-state index contributed by atoms with van der Waals surface area (Å²) in [5, 5.41) is 7.16. The first-order chi connectivity index (χ1) is 10.0. The molecule has 0 spiro atoms. The molecule has 0 saturated carbocycles. The van der Waals surface area contributed by atoms with Gasteiger partial charge in [0, 0.05) is 0 Å². The van der Waals surface area contributed by atoms with Crippen LogP contribution in [0.1, 0.15) is 22.9 Å². The second-order valence-corrected chi connectivity index (χ2v) is 7.87. The lowest BCUT2D eigenvalue weighted by atomic mass is 10.1. The highest BCUT2D eigenvalue weighted by molar-refractivity contribution is 14.1. The molecule has 108 valence electrons. The highest BCUT2D eigenvalue weighted by atomic mass is 127. The first-order valence-electron chi connectivity index (χ1n) is 6.14. The fourth-order valence-electron chi connectivity index (χ4n) is 2.12. The Kier molecular flexibility index (Phi) is 4.19. The Balaban J connectivity index is 1.95. The summed E-state index contributed by atoms with van der Waals surface area (Å²) >= 11 is 10.4. The Labute approximate surface area is 144 Å². The summed E-state index contributed by atoms with van der Waals surface area (Å²) in [5.74, 6) is -0.631. The summed E-state index contributed by atoms with van der Waals surface area (Å²) in [4.78, 5) is 23.1. The fraction of sp³-hybridized carbons (Fsp3) is 0.143. The normalized spacial score (nSPS) is 15.7. The topological polar surface area (TPSA) is 58.2 Å². The van der Waals surface area contributed by atoms with Crippen LogP contribution in [0.25, 0.3) is 0 Å². The first-order valence-corrected chi connectivity index (χ1v) is 8.54. The summed E-state index contributed by atoms with van der Waals surface area (Å²) in [6, 6.07) is 7.47. The molecular weight excluding hydrogens is 423 g/mol. The van der Waals surface area contributed by atoms with Crippen LogP contribution >= 0.6 is 45.5 Å². The Morgan fingerprint density at radius 1 is 1.10 bits per heavy atom. The average molecular weight is 433 g/mol. The third-order valence-electron chi connectivity index (χ3n) is 3.09. The highest BCUT2D eigenvalue weighted by Gasteiger charge is 2.20. The smallest absolute Gasteiger partial charge is 0.233 e. The van der Waals surface area contributed by atoms with Crippen molar-refractivity contribution in [3.63, 3.8) is 0 Å². The maximum absolute atomic E-state index is 11.6. The van der Waals surface area contributed by atoms with E-state index in [2.05, 4.69) is 33.2 Å². The molecule has 2 heterocycles. The number of alkyl halides is 1. The minimum atomic E-state index is -0.320. The van der Waals surface area contributed by atoms with Gasteiger partial charge in [0.15, 0.2) is 0 Å². The van der Waals surface area contributed by atoms with Crippen LogP contribution in [-0.2, 0) is 9.59 Å². The van der Waals surface area contributed by atoms with Gasteiger partial charge in [-0.05, 0) is 57.3 Å². The number of carbonyl (C=O) groups is 2. The van der Waals surface area contributed by atoms with Crippen LogP contribution in [0.2, 0.25) is 0 Å². The van der Waals surface area contributed by atoms with E-state index in [1.54, 1.807) is 23.5 Å². The van der Waals surface area contributed by atoms with Gasteiger partial charge < -0.3 is 10.6 Å². The molecule has 1 unspecified atom stereocenters. The Morgan fingerprint density at radius 3 is 2.48 bits per heavy atom. The molecule has 2 aromatic rings. The molecule has 2 N–H and O–H groups in total. The summed E-state index contributed by atoms with van der Waals surface area (Å²) in [6.07, 6.45) is -0.170. The number of fused-ring (bicyclic) bond motifs is 1. The summed E-state index contributed by atoms with van der Waals surface area (Å²) < 4.78 is 1.17. The monoisotopic (exact) mass is 432 g/mol. The molecule has 1 aliphatic heterocycles. The van der Waals surface area contributed by atoms with Gasteiger partial charge in [-0.2, -0.15) is 0 Å². The van der Waals surface area contributed by atoms with Crippen molar-refractivity contribution in [1.29, 1.82) is 0 Å². The SMILES string of the molecule is O=C1CC(=O)Nc2cc(C(Cl)c3csc(I)c3)ccc2N1. The third-order valence-corrected chi connectivity index (χ3v) is 5.40. The number of halogens is 2. The molecule has 2 amide bonds. The first kappa shape index (κ1) is 14.8. The number of amides is 2. The van der Waals surface area contributed by atoms with E-state index in [0.717, 1.165) is 11.1 Å². The van der Waals surface area contributed by atoms with E-state index < -0.39 is 0 Å². The maximum atomic E-state index is 11.6. The van der Waals surface area contributed by atoms with E-state index in [0.29, 0.717) is 11.4 Å². The Bertz CT molecular complexity index is 732. The van der Waals surface area contributed by atoms with Crippen molar-refractivity contribution in [1.82, 2.24) is 0 Å². The molecule has 1 aromatic heterocycles. The van der Waals surface area contributed by atoms with Crippen molar-refractivity contribution in [3.8, 4) is 0 Å². The predicted octanol–water partition coefficient (Wildman–Crippen LogP) is 3.96. The fourth-order valence-corrected chi connectivity index (χ4v) is 3.85. The average Bonchev–Trinajstić information content (AvgIpc) is 2.79. The number of nitrogens with one attached hydrogen (secondary N) is 2. The van der Waals surface area contributed by atoms with Gasteiger partial charge in [0.05, 0.1) is 19.6 Å². The lowest BCUT2D eigenvalue weighted by Crippen LogP contribution is -2.16. The zero-order chi connectivity index (χ0) is 15.0. The van der Waals surface area contributed by atoms with E-state index in [1.807, 2.05) is 17.5 Å². The third kappa shape index (κ3) is 3.22. The molecule has 1 aliphatic rings. The van der Waals surface area contributed by atoms with Crippen molar-refractivity contribution < 1.29 is 9.59 Å². The second-order valence-electron chi connectivity index (χ2n) is 4.62. The molecule has 1 atom stereocenters. The van der Waals surface area contributed by atoms with E-state index >= 15 is 0 Å². The lowest BCUT2D eigenvalue weighted by molar-refractivity contribution is -0.123. The van der Waals surface area contributed by atoms with Gasteiger partial charge in [-0.15, -0.1) is 22.9 Å². The number of carbonyl (C=O) groups excluding carboxylic acids is 2. The number of anilines is 2. The largest absolute Gasteiger partial charge is 0.324 e.